The number of aromatic nitrogens is 3. The van der Waals surface area contributed by atoms with Crippen LogP contribution in [0.3, 0.4) is 0 Å². The molecule has 1 aromatic heterocycles. The summed E-state index contributed by atoms with van der Waals surface area (Å²) in [6.07, 6.45) is 2.19. The molecule has 1 aliphatic heterocycles. The number of likely N-dealkylation sites (tertiary alicyclic amines) is 1. The van der Waals surface area contributed by atoms with Crippen LogP contribution in [0.5, 0.6) is 0 Å². The van der Waals surface area contributed by atoms with E-state index in [0.29, 0.717) is 6.04 Å². The van der Waals surface area contributed by atoms with E-state index in [-0.39, 0.29) is 0 Å². The van der Waals surface area contributed by atoms with E-state index in [2.05, 4.69) is 19.7 Å². The fourth-order valence-electron chi connectivity index (χ4n) is 1.90. The first-order valence-electron chi connectivity index (χ1n) is 5.49. The van der Waals surface area contributed by atoms with Crippen LogP contribution in [0.15, 0.2) is 0 Å². The maximum Gasteiger partial charge on any atom is 0.146 e. The van der Waals surface area contributed by atoms with Gasteiger partial charge in [-0.2, -0.15) is 0 Å². The molecule has 1 saturated heterocycles. The number of hydrogen-bond acceptors (Lipinski definition) is 4. The number of nitrogens with two attached hydrogens (primary N) is 1. The molecule has 5 heteroatoms. The molecule has 1 aromatic rings. The third kappa shape index (κ3) is 2.35. The van der Waals surface area contributed by atoms with Crippen molar-refractivity contribution in [3.05, 3.63) is 11.6 Å². The Morgan fingerprint density at radius 1 is 1.33 bits per heavy atom. The van der Waals surface area contributed by atoms with Gasteiger partial charge in [-0.15, -0.1) is 10.2 Å². The number of nitrogens with zero attached hydrogens (tertiary/aromatic N) is 4. The Hall–Kier alpha value is -0.940. The summed E-state index contributed by atoms with van der Waals surface area (Å²) in [5, 5.41) is 8.23. The molecule has 0 aliphatic carbocycles. The predicted molar refractivity (Wildman–Crippen MR) is 58.2 cm³/mol. The molecule has 0 spiro atoms. The van der Waals surface area contributed by atoms with Crippen LogP contribution < -0.4 is 5.73 Å². The van der Waals surface area contributed by atoms with Crippen molar-refractivity contribution in [2.24, 2.45) is 12.8 Å². The van der Waals surface area contributed by atoms with Crippen LogP contribution in [0.25, 0.3) is 0 Å². The first-order chi connectivity index (χ1) is 7.16. The molecule has 2 heterocycles. The normalized spacial score (nSPS) is 19.7. The van der Waals surface area contributed by atoms with E-state index < -0.39 is 0 Å². The zero-order valence-corrected chi connectivity index (χ0v) is 9.48. The minimum Gasteiger partial charge on any atom is -0.328 e. The van der Waals surface area contributed by atoms with Gasteiger partial charge in [0.05, 0.1) is 6.54 Å². The summed E-state index contributed by atoms with van der Waals surface area (Å²) in [5.74, 6) is 2.02. The van der Waals surface area contributed by atoms with E-state index in [1.165, 1.54) is 0 Å². The second-order valence-electron chi connectivity index (χ2n) is 4.34. The average Bonchev–Trinajstić information content (AvgIpc) is 2.53. The van der Waals surface area contributed by atoms with Gasteiger partial charge in [-0.05, 0) is 19.8 Å². The highest BCUT2D eigenvalue weighted by molar-refractivity contribution is 4.93. The van der Waals surface area contributed by atoms with Gasteiger partial charge in [-0.25, -0.2) is 0 Å². The molecule has 0 atom stereocenters. The van der Waals surface area contributed by atoms with E-state index >= 15 is 0 Å². The Kier molecular flexibility index (Phi) is 3.02. The van der Waals surface area contributed by atoms with Gasteiger partial charge in [-0.3, -0.25) is 4.90 Å². The third-order valence-corrected chi connectivity index (χ3v) is 3.18. The summed E-state index contributed by atoms with van der Waals surface area (Å²) >= 11 is 0. The van der Waals surface area contributed by atoms with Gasteiger partial charge < -0.3 is 10.3 Å². The minimum atomic E-state index is 0.391. The Labute approximate surface area is 90.3 Å². The second kappa shape index (κ2) is 4.28. The topological polar surface area (TPSA) is 60.0 Å². The van der Waals surface area contributed by atoms with Crippen LogP contribution in [0.2, 0.25) is 0 Å². The minimum absolute atomic E-state index is 0.391. The molecule has 0 amide bonds. The SMILES string of the molecule is Cc1nnc(CN2CCC(N)CC2)n1C. The van der Waals surface area contributed by atoms with Crippen molar-refractivity contribution >= 4 is 0 Å². The molecule has 5 nitrogen and oxygen atoms in total. The molecule has 84 valence electrons. The quantitative estimate of drug-likeness (QED) is 0.747. The molecular formula is C10H19N5. The maximum atomic E-state index is 5.86. The molecule has 2 rings (SSSR count). The highest BCUT2D eigenvalue weighted by atomic mass is 15.3. The second-order valence-corrected chi connectivity index (χ2v) is 4.34. The Bertz CT molecular complexity index is 325. The summed E-state index contributed by atoms with van der Waals surface area (Å²) in [5.41, 5.74) is 5.86. The van der Waals surface area contributed by atoms with Gasteiger partial charge >= 0.3 is 0 Å². The molecule has 2 N–H and O–H groups in total. The summed E-state index contributed by atoms with van der Waals surface area (Å²) in [7, 11) is 2.01. The molecule has 0 aromatic carbocycles. The molecule has 0 bridgehead atoms. The van der Waals surface area contributed by atoms with Crippen molar-refractivity contribution in [3.63, 3.8) is 0 Å². The molecule has 1 aliphatic rings. The molecule has 0 saturated carbocycles. The smallest absolute Gasteiger partial charge is 0.146 e. The Morgan fingerprint density at radius 2 is 2.00 bits per heavy atom. The van der Waals surface area contributed by atoms with Gasteiger partial charge in [0.15, 0.2) is 0 Å². The van der Waals surface area contributed by atoms with Crippen molar-refractivity contribution < 1.29 is 0 Å². The van der Waals surface area contributed by atoms with Gasteiger partial charge in [-0.1, -0.05) is 0 Å². The van der Waals surface area contributed by atoms with Crippen molar-refractivity contribution in [1.29, 1.82) is 0 Å². The number of piperidine rings is 1. The van der Waals surface area contributed by atoms with Crippen LogP contribution in [-0.2, 0) is 13.6 Å². The van der Waals surface area contributed by atoms with Crippen LogP contribution in [0, 0.1) is 6.92 Å². The fourth-order valence-corrected chi connectivity index (χ4v) is 1.90. The number of hydrogen-bond donors (Lipinski definition) is 1. The van der Waals surface area contributed by atoms with E-state index in [1.807, 2.05) is 14.0 Å². The maximum absolute atomic E-state index is 5.86. The molecule has 0 unspecified atom stereocenters. The third-order valence-electron chi connectivity index (χ3n) is 3.18. The fraction of sp³-hybridized carbons (Fsp3) is 0.800. The largest absolute Gasteiger partial charge is 0.328 e. The van der Waals surface area contributed by atoms with Crippen molar-refractivity contribution in [1.82, 2.24) is 19.7 Å². The van der Waals surface area contributed by atoms with Gasteiger partial charge in [0.2, 0.25) is 0 Å². The first-order valence-corrected chi connectivity index (χ1v) is 5.49. The summed E-state index contributed by atoms with van der Waals surface area (Å²) in [6, 6.07) is 0.391. The van der Waals surface area contributed by atoms with Gasteiger partial charge in [0.25, 0.3) is 0 Å². The van der Waals surface area contributed by atoms with Gasteiger partial charge in [0, 0.05) is 26.2 Å². The summed E-state index contributed by atoms with van der Waals surface area (Å²) in [4.78, 5) is 2.40. The lowest BCUT2D eigenvalue weighted by Gasteiger charge is -2.29. The standard InChI is InChI=1S/C10H19N5/c1-8-12-13-10(14(8)2)7-15-5-3-9(11)4-6-15/h9H,3-7,11H2,1-2H3. The van der Waals surface area contributed by atoms with Gasteiger partial charge in [0.1, 0.15) is 11.6 Å². The zero-order chi connectivity index (χ0) is 10.8. The molecular weight excluding hydrogens is 190 g/mol. The molecule has 0 radical (unpaired) electrons. The van der Waals surface area contributed by atoms with Crippen molar-refractivity contribution in [2.45, 2.75) is 32.4 Å². The van der Waals surface area contributed by atoms with Crippen molar-refractivity contribution in [3.8, 4) is 0 Å². The predicted octanol–water partition coefficient (Wildman–Crippen LogP) is 0.0466. The van der Waals surface area contributed by atoms with E-state index in [4.69, 9.17) is 5.73 Å². The monoisotopic (exact) mass is 209 g/mol. The Morgan fingerprint density at radius 3 is 2.53 bits per heavy atom. The van der Waals surface area contributed by atoms with Crippen LogP contribution in [-0.4, -0.2) is 38.8 Å². The first kappa shape index (κ1) is 10.6. The summed E-state index contributed by atoms with van der Waals surface area (Å²) < 4.78 is 2.05. The summed E-state index contributed by atoms with van der Waals surface area (Å²) in [6.45, 7) is 5.02. The van der Waals surface area contributed by atoms with E-state index in [0.717, 1.165) is 44.1 Å². The highest BCUT2D eigenvalue weighted by Gasteiger charge is 2.17. The van der Waals surface area contributed by atoms with E-state index in [1.54, 1.807) is 0 Å². The highest BCUT2D eigenvalue weighted by Crippen LogP contribution is 2.11. The average molecular weight is 209 g/mol. The van der Waals surface area contributed by atoms with E-state index in [9.17, 15) is 0 Å². The lowest BCUT2D eigenvalue weighted by atomic mass is 10.1. The van der Waals surface area contributed by atoms with Crippen LogP contribution >= 0.6 is 0 Å². The Balaban J connectivity index is 1.94. The lowest BCUT2D eigenvalue weighted by molar-refractivity contribution is 0.199. The zero-order valence-electron chi connectivity index (χ0n) is 9.48. The van der Waals surface area contributed by atoms with Crippen LogP contribution in [0.1, 0.15) is 24.5 Å². The van der Waals surface area contributed by atoms with Crippen LogP contribution in [0.4, 0.5) is 0 Å². The number of aryl methyl sites for hydroxylation is 1. The molecule has 1 fully saturated rings. The molecule has 15 heavy (non-hydrogen) atoms. The lowest BCUT2D eigenvalue weighted by Crippen LogP contribution is -2.39. The van der Waals surface area contributed by atoms with Crippen molar-refractivity contribution in [2.75, 3.05) is 13.1 Å². The number of rotatable bonds is 2.